The quantitative estimate of drug-likeness (QED) is 0.894. The van der Waals surface area contributed by atoms with Crippen molar-refractivity contribution in [1.29, 1.82) is 0 Å². The van der Waals surface area contributed by atoms with E-state index in [4.69, 9.17) is 4.74 Å². The number of ether oxygens (including phenoxy) is 2. The number of rotatable bonds is 2. The molecule has 0 radical (unpaired) electrons. The number of hydrazone groups is 1. The van der Waals surface area contributed by atoms with Gasteiger partial charge in [-0.05, 0) is 31.2 Å². The van der Waals surface area contributed by atoms with Gasteiger partial charge in [0.05, 0.1) is 0 Å². The minimum atomic E-state index is -4.73. The van der Waals surface area contributed by atoms with E-state index in [0.717, 1.165) is 12.1 Å². The lowest BCUT2D eigenvalue weighted by Gasteiger charge is -2.19. The molecule has 0 bridgehead atoms. The fourth-order valence-electron chi connectivity index (χ4n) is 1.38. The molecule has 0 saturated heterocycles. The number of carbonyl (C=O) groups excluding carboxylic acids is 1. The minimum Gasteiger partial charge on any atom is -0.463 e. The molecule has 5 nitrogen and oxygen atoms in total. The number of benzene rings is 1. The first-order valence-corrected chi connectivity index (χ1v) is 5.25. The first kappa shape index (κ1) is 13.2. The number of carbonyl (C=O) groups is 1. The second kappa shape index (κ2) is 4.79. The van der Waals surface area contributed by atoms with E-state index in [1.807, 2.05) is 0 Å². The molecule has 1 heterocycles. The Morgan fingerprint density at radius 2 is 1.95 bits per heavy atom. The molecule has 0 saturated carbocycles. The van der Waals surface area contributed by atoms with Crippen LogP contribution < -0.4 is 10.2 Å². The van der Waals surface area contributed by atoms with E-state index >= 15 is 0 Å². The van der Waals surface area contributed by atoms with Crippen molar-refractivity contribution in [3.8, 4) is 5.75 Å². The van der Waals surface area contributed by atoms with E-state index in [2.05, 4.69) is 15.3 Å². The number of nitrogens with zero attached hydrogens (tertiary/aromatic N) is 1. The molecule has 0 spiro atoms. The van der Waals surface area contributed by atoms with Crippen LogP contribution in [0.25, 0.3) is 0 Å². The highest BCUT2D eigenvalue weighted by atomic mass is 19.4. The topological polar surface area (TPSA) is 59.9 Å². The Morgan fingerprint density at radius 3 is 2.47 bits per heavy atom. The van der Waals surface area contributed by atoms with Crippen LogP contribution >= 0.6 is 0 Å². The predicted molar refractivity (Wildman–Crippen MR) is 58.4 cm³/mol. The fraction of sp³-hybridized carbons (Fsp3) is 0.273. The Kier molecular flexibility index (Phi) is 3.32. The maximum Gasteiger partial charge on any atom is 0.573 e. The summed E-state index contributed by atoms with van der Waals surface area (Å²) in [6.07, 6.45) is -5.44. The molecule has 1 aromatic rings. The van der Waals surface area contributed by atoms with E-state index in [-0.39, 0.29) is 17.6 Å². The Balaban J connectivity index is 2.13. The molecule has 1 amide bonds. The van der Waals surface area contributed by atoms with Gasteiger partial charge in [0.2, 0.25) is 5.90 Å². The van der Waals surface area contributed by atoms with Crippen LogP contribution in [0, 0.1) is 0 Å². The van der Waals surface area contributed by atoms with E-state index in [1.165, 1.54) is 19.1 Å². The number of hydrogen-bond acceptors (Lipinski definition) is 4. The predicted octanol–water partition coefficient (Wildman–Crippen LogP) is 1.78. The first-order valence-electron chi connectivity index (χ1n) is 5.25. The van der Waals surface area contributed by atoms with Gasteiger partial charge in [0.1, 0.15) is 5.75 Å². The minimum absolute atomic E-state index is 0.130. The lowest BCUT2D eigenvalue weighted by molar-refractivity contribution is -0.274. The Labute approximate surface area is 106 Å². The van der Waals surface area contributed by atoms with E-state index in [9.17, 15) is 18.0 Å². The van der Waals surface area contributed by atoms with Gasteiger partial charge < -0.3 is 9.47 Å². The van der Waals surface area contributed by atoms with Crippen LogP contribution in [-0.4, -0.2) is 24.3 Å². The van der Waals surface area contributed by atoms with Crippen LogP contribution in [0.5, 0.6) is 5.75 Å². The highest BCUT2D eigenvalue weighted by Gasteiger charge is 2.31. The van der Waals surface area contributed by atoms with Gasteiger partial charge >= 0.3 is 6.36 Å². The molecule has 1 aliphatic rings. The molecular weight excluding hydrogens is 265 g/mol. The number of alkyl halides is 3. The zero-order chi connectivity index (χ0) is 14.0. The molecule has 1 aromatic carbocycles. The highest BCUT2D eigenvalue weighted by molar-refractivity contribution is 5.98. The molecule has 0 aromatic heterocycles. The van der Waals surface area contributed by atoms with Crippen molar-refractivity contribution < 1.29 is 27.4 Å². The smallest absolute Gasteiger partial charge is 0.463 e. The number of halogens is 3. The van der Waals surface area contributed by atoms with Crippen LogP contribution in [0.2, 0.25) is 0 Å². The van der Waals surface area contributed by atoms with Gasteiger partial charge in [-0.1, -0.05) is 0 Å². The van der Waals surface area contributed by atoms with Crippen molar-refractivity contribution in [2.45, 2.75) is 19.4 Å². The molecule has 0 aliphatic carbocycles. The van der Waals surface area contributed by atoms with Crippen LogP contribution in [-0.2, 0) is 9.53 Å². The summed E-state index contributed by atoms with van der Waals surface area (Å²) in [7, 11) is 0. The zero-order valence-corrected chi connectivity index (χ0v) is 9.69. The lowest BCUT2D eigenvalue weighted by atomic mass is 10.2. The SMILES string of the molecule is CC1OC(c2ccc(OC(F)(F)F)cc2)=NNC1=O. The van der Waals surface area contributed by atoms with Crippen molar-refractivity contribution in [2.75, 3.05) is 0 Å². The summed E-state index contributed by atoms with van der Waals surface area (Å²) in [5, 5.41) is 3.67. The molecule has 8 heteroatoms. The maximum atomic E-state index is 12.0. The summed E-state index contributed by atoms with van der Waals surface area (Å²) >= 11 is 0. The Hall–Kier alpha value is -2.25. The van der Waals surface area contributed by atoms with Gasteiger partial charge in [-0.3, -0.25) is 4.79 Å². The molecule has 102 valence electrons. The third kappa shape index (κ3) is 3.36. The van der Waals surface area contributed by atoms with Gasteiger partial charge in [0.25, 0.3) is 5.91 Å². The van der Waals surface area contributed by atoms with Gasteiger partial charge in [-0.25, -0.2) is 5.43 Å². The zero-order valence-electron chi connectivity index (χ0n) is 9.69. The summed E-state index contributed by atoms with van der Waals surface area (Å²) in [5.41, 5.74) is 2.68. The number of hydrogen-bond donors (Lipinski definition) is 1. The molecule has 1 N–H and O–H groups in total. The Morgan fingerprint density at radius 1 is 1.32 bits per heavy atom. The molecule has 2 rings (SSSR count). The van der Waals surface area contributed by atoms with Crippen LogP contribution in [0.15, 0.2) is 29.4 Å². The fourth-order valence-corrected chi connectivity index (χ4v) is 1.38. The van der Waals surface area contributed by atoms with Crippen LogP contribution in [0.3, 0.4) is 0 Å². The van der Waals surface area contributed by atoms with Crippen LogP contribution in [0.4, 0.5) is 13.2 Å². The number of amides is 1. The summed E-state index contributed by atoms with van der Waals surface area (Å²) in [6, 6.07) is 4.97. The summed E-state index contributed by atoms with van der Waals surface area (Å²) in [4.78, 5) is 11.1. The standard InChI is InChI=1S/C11H9F3N2O3/c1-6-9(17)15-16-10(18-6)7-2-4-8(5-3-7)19-11(12,13)14/h2-6H,1H3,(H,15,17). The molecule has 1 unspecified atom stereocenters. The summed E-state index contributed by atoms with van der Waals surface area (Å²) in [6.45, 7) is 1.53. The van der Waals surface area contributed by atoms with E-state index < -0.39 is 12.5 Å². The number of nitrogens with one attached hydrogen (secondary N) is 1. The summed E-state index contributed by atoms with van der Waals surface area (Å²) < 4.78 is 44.9. The van der Waals surface area contributed by atoms with Crippen molar-refractivity contribution in [3.05, 3.63) is 29.8 Å². The molecular formula is C11H9F3N2O3. The molecule has 19 heavy (non-hydrogen) atoms. The normalized spacial score (nSPS) is 19.3. The van der Waals surface area contributed by atoms with Gasteiger partial charge in [-0.2, -0.15) is 0 Å². The monoisotopic (exact) mass is 274 g/mol. The average Bonchev–Trinajstić information content (AvgIpc) is 2.32. The van der Waals surface area contributed by atoms with Crippen molar-refractivity contribution in [3.63, 3.8) is 0 Å². The van der Waals surface area contributed by atoms with E-state index in [0.29, 0.717) is 5.56 Å². The van der Waals surface area contributed by atoms with Crippen molar-refractivity contribution in [2.24, 2.45) is 5.10 Å². The molecule has 1 aliphatic heterocycles. The first-order chi connectivity index (χ1) is 8.85. The van der Waals surface area contributed by atoms with Crippen molar-refractivity contribution in [1.82, 2.24) is 5.43 Å². The largest absolute Gasteiger partial charge is 0.573 e. The van der Waals surface area contributed by atoms with Gasteiger partial charge in [0.15, 0.2) is 6.10 Å². The molecule has 1 atom stereocenters. The third-order valence-corrected chi connectivity index (χ3v) is 2.26. The average molecular weight is 274 g/mol. The van der Waals surface area contributed by atoms with Crippen LogP contribution in [0.1, 0.15) is 12.5 Å². The third-order valence-electron chi connectivity index (χ3n) is 2.26. The highest BCUT2D eigenvalue weighted by Crippen LogP contribution is 2.23. The maximum absolute atomic E-state index is 12.0. The Bertz CT molecular complexity index is 511. The second-order valence-electron chi connectivity index (χ2n) is 3.73. The molecule has 0 fully saturated rings. The van der Waals surface area contributed by atoms with Gasteiger partial charge in [-0.15, -0.1) is 18.3 Å². The summed E-state index contributed by atoms with van der Waals surface area (Å²) in [5.74, 6) is -0.601. The van der Waals surface area contributed by atoms with E-state index in [1.54, 1.807) is 0 Å². The lowest BCUT2D eigenvalue weighted by Crippen LogP contribution is -2.39. The van der Waals surface area contributed by atoms with Crippen molar-refractivity contribution >= 4 is 11.8 Å². The second-order valence-corrected chi connectivity index (χ2v) is 3.73. The van der Waals surface area contributed by atoms with Gasteiger partial charge in [0, 0.05) is 5.56 Å².